The van der Waals surface area contributed by atoms with Crippen LogP contribution in [0.2, 0.25) is 0 Å². The van der Waals surface area contributed by atoms with E-state index in [1.807, 2.05) is 0 Å². The molecule has 0 saturated carbocycles. The highest BCUT2D eigenvalue weighted by atomic mass is 16.4. The molecule has 0 bridgehead atoms. The zero-order valence-corrected chi connectivity index (χ0v) is 8.33. The van der Waals surface area contributed by atoms with Crippen molar-refractivity contribution in [3.05, 3.63) is 35.4 Å². The minimum Gasteiger partial charge on any atom is -0.478 e. The lowest BCUT2D eigenvalue weighted by molar-refractivity contribution is 0.0696. The summed E-state index contributed by atoms with van der Waals surface area (Å²) in [6.45, 7) is -0.250. The first-order valence-electron chi connectivity index (χ1n) is 4.31. The molecule has 0 radical (unpaired) electrons. The van der Waals surface area contributed by atoms with Crippen LogP contribution in [0.5, 0.6) is 0 Å². The molecule has 0 unspecified atom stereocenters. The Bertz CT molecular complexity index is 329. The fourth-order valence-corrected chi connectivity index (χ4v) is 0.785. The second-order valence-corrected chi connectivity index (χ2v) is 2.64. The largest absolute Gasteiger partial charge is 0.478 e. The molecule has 0 fully saturated rings. The molecule has 0 saturated heterocycles. The van der Waals surface area contributed by atoms with Crippen LogP contribution in [0.15, 0.2) is 24.3 Å². The molecule has 16 heavy (non-hydrogen) atoms. The number of aliphatic hydroxyl groups is 2. The van der Waals surface area contributed by atoms with Crippen molar-refractivity contribution in [2.75, 3.05) is 13.2 Å². The van der Waals surface area contributed by atoms with Gasteiger partial charge in [0.15, 0.2) is 0 Å². The van der Waals surface area contributed by atoms with Crippen molar-refractivity contribution < 1.29 is 30.0 Å². The van der Waals surface area contributed by atoms with Gasteiger partial charge in [-0.15, -0.1) is 0 Å². The third kappa shape index (κ3) is 5.08. The van der Waals surface area contributed by atoms with Gasteiger partial charge in [-0.2, -0.15) is 0 Å². The fourth-order valence-electron chi connectivity index (χ4n) is 0.785. The van der Waals surface area contributed by atoms with E-state index in [4.69, 9.17) is 20.4 Å². The average Bonchev–Trinajstić information content (AvgIpc) is 2.29. The number of hydrogen-bond acceptors (Lipinski definition) is 4. The number of hydrogen-bond donors (Lipinski definition) is 4. The first kappa shape index (κ1) is 14.1. The zero-order valence-electron chi connectivity index (χ0n) is 8.33. The Hall–Kier alpha value is -1.92. The second-order valence-electron chi connectivity index (χ2n) is 2.64. The zero-order chi connectivity index (χ0) is 12.6. The van der Waals surface area contributed by atoms with Crippen molar-refractivity contribution in [2.45, 2.75) is 0 Å². The second kappa shape index (κ2) is 7.38. The van der Waals surface area contributed by atoms with Crippen LogP contribution in [0.3, 0.4) is 0 Å². The molecule has 4 N–H and O–H groups in total. The van der Waals surface area contributed by atoms with E-state index in [0.717, 1.165) is 6.07 Å². The Labute approximate surface area is 91.4 Å². The van der Waals surface area contributed by atoms with Crippen molar-refractivity contribution in [3.8, 4) is 0 Å². The van der Waals surface area contributed by atoms with Gasteiger partial charge >= 0.3 is 11.9 Å². The van der Waals surface area contributed by atoms with E-state index in [9.17, 15) is 9.59 Å². The van der Waals surface area contributed by atoms with Crippen molar-refractivity contribution in [2.24, 2.45) is 0 Å². The van der Waals surface area contributed by atoms with E-state index in [-0.39, 0.29) is 24.3 Å². The minimum absolute atomic E-state index is 0.0186. The number of aliphatic hydroxyl groups excluding tert-OH is 2. The summed E-state index contributed by atoms with van der Waals surface area (Å²) in [5, 5.41) is 32.2. The molecular formula is C10H12O6. The van der Waals surface area contributed by atoms with Gasteiger partial charge < -0.3 is 20.4 Å². The predicted octanol–water partition coefficient (Wildman–Crippen LogP) is 0.0540. The molecule has 0 aromatic heterocycles. The van der Waals surface area contributed by atoms with Gasteiger partial charge in [-0.05, 0) is 18.2 Å². The van der Waals surface area contributed by atoms with E-state index in [0.29, 0.717) is 0 Å². The van der Waals surface area contributed by atoms with Gasteiger partial charge in [0.1, 0.15) is 0 Å². The van der Waals surface area contributed by atoms with E-state index in [1.165, 1.54) is 18.2 Å². The van der Waals surface area contributed by atoms with Crippen LogP contribution in [0, 0.1) is 0 Å². The van der Waals surface area contributed by atoms with Crippen molar-refractivity contribution in [1.29, 1.82) is 0 Å². The Morgan fingerprint density at radius 3 is 1.56 bits per heavy atom. The molecule has 88 valence electrons. The van der Waals surface area contributed by atoms with Crippen LogP contribution in [0.4, 0.5) is 0 Å². The molecule has 0 atom stereocenters. The molecule has 0 aliphatic carbocycles. The van der Waals surface area contributed by atoms with E-state index in [2.05, 4.69) is 0 Å². The summed E-state index contributed by atoms with van der Waals surface area (Å²) in [6, 6.07) is 5.20. The highest BCUT2D eigenvalue weighted by molar-refractivity contribution is 5.93. The van der Waals surface area contributed by atoms with Crippen molar-refractivity contribution in [3.63, 3.8) is 0 Å². The van der Waals surface area contributed by atoms with Gasteiger partial charge in [0.25, 0.3) is 0 Å². The summed E-state index contributed by atoms with van der Waals surface area (Å²) in [6.07, 6.45) is 0. The number of rotatable bonds is 3. The SMILES string of the molecule is O=C(O)c1cccc(C(=O)O)c1.OCCO. The van der Waals surface area contributed by atoms with Gasteiger partial charge in [-0.25, -0.2) is 9.59 Å². The van der Waals surface area contributed by atoms with Gasteiger partial charge in [0.2, 0.25) is 0 Å². The van der Waals surface area contributed by atoms with E-state index < -0.39 is 11.9 Å². The summed E-state index contributed by atoms with van der Waals surface area (Å²) in [5.41, 5.74) is -0.0372. The highest BCUT2D eigenvalue weighted by Gasteiger charge is 2.06. The van der Waals surface area contributed by atoms with Gasteiger partial charge in [-0.3, -0.25) is 0 Å². The fraction of sp³-hybridized carbons (Fsp3) is 0.200. The molecular weight excluding hydrogens is 216 g/mol. The molecule has 0 spiro atoms. The number of carboxylic acids is 2. The number of benzene rings is 1. The van der Waals surface area contributed by atoms with Crippen LogP contribution in [0.25, 0.3) is 0 Å². The monoisotopic (exact) mass is 228 g/mol. The number of carboxylic acid groups (broad SMARTS) is 2. The maximum atomic E-state index is 10.4. The number of aromatic carboxylic acids is 2. The lowest BCUT2D eigenvalue weighted by Crippen LogP contribution is -2.01. The third-order valence-corrected chi connectivity index (χ3v) is 1.46. The normalized spacial score (nSPS) is 8.88. The van der Waals surface area contributed by atoms with E-state index in [1.54, 1.807) is 0 Å². The predicted molar refractivity (Wildman–Crippen MR) is 54.5 cm³/mol. The van der Waals surface area contributed by atoms with Crippen LogP contribution in [-0.4, -0.2) is 45.6 Å². The Morgan fingerprint density at radius 1 is 0.938 bits per heavy atom. The van der Waals surface area contributed by atoms with Crippen molar-refractivity contribution >= 4 is 11.9 Å². The first-order valence-corrected chi connectivity index (χ1v) is 4.31. The standard InChI is InChI=1S/C8H6O4.C2H6O2/c9-7(10)5-2-1-3-6(4-5)8(11)12;3-1-2-4/h1-4H,(H,9,10)(H,11,12);3-4H,1-2H2. The third-order valence-electron chi connectivity index (χ3n) is 1.46. The van der Waals surface area contributed by atoms with Gasteiger partial charge in [0.05, 0.1) is 24.3 Å². The Morgan fingerprint density at radius 2 is 1.31 bits per heavy atom. The summed E-state index contributed by atoms with van der Waals surface area (Å²) in [4.78, 5) is 20.8. The molecule has 0 amide bonds. The molecule has 0 aliphatic rings. The summed E-state index contributed by atoms with van der Waals surface area (Å²) in [7, 11) is 0. The molecule has 1 aromatic rings. The molecule has 6 heteroatoms. The lowest BCUT2D eigenvalue weighted by atomic mass is 10.1. The average molecular weight is 228 g/mol. The highest BCUT2D eigenvalue weighted by Crippen LogP contribution is 2.04. The van der Waals surface area contributed by atoms with Crippen molar-refractivity contribution in [1.82, 2.24) is 0 Å². The van der Waals surface area contributed by atoms with Crippen LogP contribution in [-0.2, 0) is 0 Å². The molecule has 1 aromatic carbocycles. The van der Waals surface area contributed by atoms with E-state index >= 15 is 0 Å². The summed E-state index contributed by atoms with van der Waals surface area (Å²) >= 11 is 0. The number of carbonyl (C=O) groups is 2. The lowest BCUT2D eigenvalue weighted by Gasteiger charge is -1.95. The maximum absolute atomic E-state index is 10.4. The Kier molecular flexibility index (Phi) is 6.50. The Balaban J connectivity index is 0.000000487. The molecule has 6 nitrogen and oxygen atoms in total. The van der Waals surface area contributed by atoms with Crippen LogP contribution < -0.4 is 0 Å². The molecule has 1 rings (SSSR count). The van der Waals surface area contributed by atoms with Gasteiger partial charge in [0, 0.05) is 0 Å². The maximum Gasteiger partial charge on any atom is 0.335 e. The minimum atomic E-state index is -1.13. The van der Waals surface area contributed by atoms with Crippen LogP contribution in [0.1, 0.15) is 20.7 Å². The van der Waals surface area contributed by atoms with Gasteiger partial charge in [-0.1, -0.05) is 6.07 Å². The first-order chi connectivity index (χ1) is 7.52. The molecule has 0 heterocycles. The molecule has 0 aliphatic heterocycles. The van der Waals surface area contributed by atoms with Crippen LogP contribution >= 0.6 is 0 Å². The topological polar surface area (TPSA) is 115 Å². The summed E-state index contributed by atoms with van der Waals surface area (Å²) < 4.78 is 0. The quantitative estimate of drug-likeness (QED) is 0.581. The summed E-state index contributed by atoms with van der Waals surface area (Å²) in [5.74, 6) is -2.25. The smallest absolute Gasteiger partial charge is 0.335 e.